The van der Waals surface area contributed by atoms with Gasteiger partial charge in [0, 0.05) is 0 Å². The molecule has 0 aliphatic rings. The van der Waals surface area contributed by atoms with Gasteiger partial charge < -0.3 is 0 Å². The Balaban J connectivity index is 4.76. The molecule has 25 heavy (non-hydrogen) atoms. The Morgan fingerprint density at radius 2 is 1.60 bits per heavy atom. The molecule has 144 valence electrons. The summed E-state index contributed by atoms with van der Waals surface area (Å²) in [5, 5.41) is 0. The highest BCUT2D eigenvalue weighted by Crippen LogP contribution is 2.25. The number of allylic oxidation sites excluding steroid dienone is 7. The molecule has 0 saturated heterocycles. The Bertz CT molecular complexity index is 441. The van der Waals surface area contributed by atoms with Crippen molar-refractivity contribution in [2.24, 2.45) is 17.8 Å². The normalized spacial score (nSPS) is 15.2. The second-order valence-corrected chi connectivity index (χ2v) is 8.53. The van der Waals surface area contributed by atoms with Gasteiger partial charge in [0.2, 0.25) is 0 Å². The average molecular weight is 345 g/mol. The Labute approximate surface area is 159 Å². The summed E-state index contributed by atoms with van der Waals surface area (Å²) in [5.74, 6) is 2.08. The lowest BCUT2D eigenvalue weighted by molar-refractivity contribution is 0.487. The Morgan fingerprint density at radius 1 is 0.920 bits per heavy atom. The zero-order valence-corrected chi connectivity index (χ0v) is 18.2. The van der Waals surface area contributed by atoms with Gasteiger partial charge in [-0.2, -0.15) is 0 Å². The maximum Gasteiger partial charge on any atom is -0.0134 e. The average Bonchev–Trinajstić information content (AvgIpc) is 2.53. The molecule has 2 unspecified atom stereocenters. The van der Waals surface area contributed by atoms with E-state index in [1.807, 2.05) is 0 Å². The van der Waals surface area contributed by atoms with Gasteiger partial charge in [0.25, 0.3) is 0 Å². The SMILES string of the molecule is C=CC(C)C/C=C(\C/C=C(\C)CCC=C(C)C)C(C)CCCC(C)C. The molecule has 0 fully saturated rings. The Kier molecular flexibility index (Phi) is 13.6. The lowest BCUT2D eigenvalue weighted by Crippen LogP contribution is -2.02. The molecule has 0 aliphatic carbocycles. The van der Waals surface area contributed by atoms with Crippen molar-refractivity contribution < 1.29 is 0 Å². The maximum atomic E-state index is 3.93. The molecule has 0 amide bonds. The highest BCUT2D eigenvalue weighted by molar-refractivity contribution is 5.14. The van der Waals surface area contributed by atoms with Crippen LogP contribution in [-0.4, -0.2) is 0 Å². The first kappa shape index (κ1) is 24.0. The molecule has 0 aromatic rings. The minimum absolute atomic E-state index is 0.570. The van der Waals surface area contributed by atoms with Gasteiger partial charge in [0.1, 0.15) is 0 Å². The van der Waals surface area contributed by atoms with Crippen molar-refractivity contribution in [1.29, 1.82) is 0 Å². The Hall–Kier alpha value is -1.04. The predicted molar refractivity (Wildman–Crippen MR) is 117 cm³/mol. The summed E-state index contributed by atoms with van der Waals surface area (Å²) in [7, 11) is 0. The molecule has 0 heterocycles. The van der Waals surface area contributed by atoms with Crippen LogP contribution < -0.4 is 0 Å². The molecule has 2 atom stereocenters. The van der Waals surface area contributed by atoms with Gasteiger partial charge in [-0.3, -0.25) is 0 Å². The van der Waals surface area contributed by atoms with Crippen LogP contribution >= 0.6 is 0 Å². The number of hydrogen-bond acceptors (Lipinski definition) is 0. The molecule has 0 N–H and O–H groups in total. The van der Waals surface area contributed by atoms with Crippen LogP contribution in [-0.2, 0) is 0 Å². The van der Waals surface area contributed by atoms with Crippen molar-refractivity contribution in [3.63, 3.8) is 0 Å². The first-order chi connectivity index (χ1) is 11.8. The summed E-state index contributed by atoms with van der Waals surface area (Å²) in [6.45, 7) is 19.9. The van der Waals surface area contributed by atoms with E-state index in [0.717, 1.165) is 18.8 Å². The fraction of sp³-hybridized carbons (Fsp3) is 0.680. The third-order valence-corrected chi connectivity index (χ3v) is 4.98. The van der Waals surface area contributed by atoms with Gasteiger partial charge in [0.05, 0.1) is 0 Å². The van der Waals surface area contributed by atoms with Crippen LogP contribution in [0.3, 0.4) is 0 Å². The fourth-order valence-corrected chi connectivity index (χ4v) is 2.92. The lowest BCUT2D eigenvalue weighted by atomic mass is 9.89. The van der Waals surface area contributed by atoms with E-state index in [1.54, 1.807) is 5.57 Å². The van der Waals surface area contributed by atoms with E-state index in [2.05, 4.69) is 79.3 Å². The third kappa shape index (κ3) is 13.9. The van der Waals surface area contributed by atoms with Crippen molar-refractivity contribution in [3.05, 3.63) is 47.6 Å². The lowest BCUT2D eigenvalue weighted by Gasteiger charge is -2.17. The van der Waals surface area contributed by atoms with Crippen molar-refractivity contribution in [1.82, 2.24) is 0 Å². The largest absolute Gasteiger partial charge is 0.103 e. The molecule has 0 aliphatic heterocycles. The minimum atomic E-state index is 0.570. The minimum Gasteiger partial charge on any atom is -0.103 e. The van der Waals surface area contributed by atoms with Crippen molar-refractivity contribution in [2.45, 2.75) is 93.4 Å². The number of rotatable bonds is 13. The zero-order valence-electron chi connectivity index (χ0n) is 18.2. The van der Waals surface area contributed by atoms with Crippen LogP contribution in [0.4, 0.5) is 0 Å². The van der Waals surface area contributed by atoms with Gasteiger partial charge in [-0.1, -0.05) is 81.6 Å². The van der Waals surface area contributed by atoms with E-state index < -0.39 is 0 Å². The molecule has 0 radical (unpaired) electrons. The number of hydrogen-bond donors (Lipinski definition) is 0. The molecular weight excluding hydrogens is 300 g/mol. The van der Waals surface area contributed by atoms with E-state index in [-0.39, 0.29) is 0 Å². The molecule has 0 heteroatoms. The highest BCUT2D eigenvalue weighted by Gasteiger charge is 2.09. The first-order valence-electron chi connectivity index (χ1n) is 10.4. The molecule has 0 aromatic carbocycles. The highest BCUT2D eigenvalue weighted by atomic mass is 14.1. The van der Waals surface area contributed by atoms with Gasteiger partial charge >= 0.3 is 0 Å². The van der Waals surface area contributed by atoms with Crippen LogP contribution in [0.1, 0.15) is 93.4 Å². The third-order valence-electron chi connectivity index (χ3n) is 4.98. The molecule has 0 spiro atoms. The van der Waals surface area contributed by atoms with Gasteiger partial charge in [-0.25, -0.2) is 0 Å². The zero-order chi connectivity index (χ0) is 19.2. The van der Waals surface area contributed by atoms with Gasteiger partial charge in [0.15, 0.2) is 0 Å². The monoisotopic (exact) mass is 344 g/mol. The second-order valence-electron chi connectivity index (χ2n) is 8.53. The van der Waals surface area contributed by atoms with Gasteiger partial charge in [-0.15, -0.1) is 6.58 Å². The smallest absolute Gasteiger partial charge is 0.0134 e. The quantitative estimate of drug-likeness (QED) is 0.293. The summed E-state index contributed by atoms with van der Waals surface area (Å²) in [5.41, 5.74) is 4.57. The van der Waals surface area contributed by atoms with Crippen molar-refractivity contribution in [3.8, 4) is 0 Å². The van der Waals surface area contributed by atoms with E-state index in [1.165, 1.54) is 43.3 Å². The molecule has 0 bridgehead atoms. The summed E-state index contributed by atoms with van der Waals surface area (Å²) < 4.78 is 0. The topological polar surface area (TPSA) is 0 Å². The summed E-state index contributed by atoms with van der Waals surface area (Å²) in [4.78, 5) is 0. The van der Waals surface area contributed by atoms with Crippen LogP contribution in [0.25, 0.3) is 0 Å². The summed E-state index contributed by atoms with van der Waals surface area (Å²) in [6, 6.07) is 0. The molecular formula is C25H44. The first-order valence-corrected chi connectivity index (χ1v) is 10.4. The van der Waals surface area contributed by atoms with E-state index in [4.69, 9.17) is 0 Å². The Morgan fingerprint density at radius 3 is 2.16 bits per heavy atom. The van der Waals surface area contributed by atoms with E-state index in [9.17, 15) is 0 Å². The predicted octanol–water partition coefficient (Wildman–Crippen LogP) is 8.67. The van der Waals surface area contributed by atoms with E-state index >= 15 is 0 Å². The van der Waals surface area contributed by atoms with Crippen LogP contribution in [0.15, 0.2) is 47.6 Å². The van der Waals surface area contributed by atoms with E-state index in [0.29, 0.717) is 11.8 Å². The second kappa shape index (κ2) is 14.2. The molecule has 0 saturated carbocycles. The molecule has 0 rings (SSSR count). The fourth-order valence-electron chi connectivity index (χ4n) is 2.92. The standard InChI is InChI=1S/C25H44/c1-9-22(6)16-18-25(24(8)15-11-13-21(4)5)19-17-23(7)14-10-12-20(2)3/h9,12,17-18,21-22,24H,1,10-11,13-16,19H2,2-8H3/b23-17+,25-18+. The maximum absolute atomic E-state index is 3.93. The van der Waals surface area contributed by atoms with Gasteiger partial charge in [-0.05, 0) is 70.6 Å². The summed E-state index contributed by atoms with van der Waals surface area (Å²) in [6.07, 6.45) is 18.0. The van der Waals surface area contributed by atoms with Crippen molar-refractivity contribution >= 4 is 0 Å². The summed E-state index contributed by atoms with van der Waals surface area (Å²) >= 11 is 0. The molecule has 0 nitrogen and oxygen atoms in total. The molecule has 0 aromatic heterocycles. The van der Waals surface area contributed by atoms with Crippen LogP contribution in [0.2, 0.25) is 0 Å². The van der Waals surface area contributed by atoms with Crippen LogP contribution in [0, 0.1) is 17.8 Å². The van der Waals surface area contributed by atoms with Crippen molar-refractivity contribution in [2.75, 3.05) is 0 Å². The van der Waals surface area contributed by atoms with Crippen LogP contribution in [0.5, 0.6) is 0 Å².